The van der Waals surface area contributed by atoms with Gasteiger partial charge in [-0.05, 0) is 52.7 Å². The lowest BCUT2D eigenvalue weighted by Crippen LogP contribution is -2.49. The van der Waals surface area contributed by atoms with Crippen molar-refractivity contribution < 1.29 is 9.59 Å². The van der Waals surface area contributed by atoms with Gasteiger partial charge in [0.1, 0.15) is 5.37 Å². The topological polar surface area (TPSA) is 52.7 Å². The minimum atomic E-state index is -0.0743. The van der Waals surface area contributed by atoms with Gasteiger partial charge in [-0.15, -0.1) is 11.8 Å². The molecule has 1 saturated heterocycles. The molecule has 144 valence electrons. The number of carbonyl (C=O) groups excluding carboxylic acids is 2. The number of nitrogens with one attached hydrogen (secondary N) is 1. The summed E-state index contributed by atoms with van der Waals surface area (Å²) in [6.45, 7) is 13.0. The van der Waals surface area contributed by atoms with Crippen molar-refractivity contribution in [1.82, 2.24) is 15.1 Å². The average Bonchev–Trinajstić information content (AvgIpc) is 2.82. The number of benzene rings is 1. The van der Waals surface area contributed by atoms with E-state index in [4.69, 9.17) is 0 Å². The van der Waals surface area contributed by atoms with Crippen LogP contribution >= 0.6 is 11.8 Å². The van der Waals surface area contributed by atoms with E-state index in [0.717, 1.165) is 0 Å². The van der Waals surface area contributed by atoms with Crippen LogP contribution in [0.25, 0.3) is 0 Å². The first-order chi connectivity index (χ1) is 12.2. The van der Waals surface area contributed by atoms with Gasteiger partial charge in [-0.25, -0.2) is 4.79 Å². The molecule has 0 unspecified atom stereocenters. The second kappa shape index (κ2) is 8.80. The molecule has 0 saturated carbocycles. The molecule has 0 spiro atoms. The van der Waals surface area contributed by atoms with Gasteiger partial charge >= 0.3 is 6.03 Å². The number of amides is 3. The number of hydrogen-bond donors (Lipinski definition) is 1. The van der Waals surface area contributed by atoms with Gasteiger partial charge in [-0.2, -0.15) is 0 Å². The normalized spacial score (nSPS) is 20.2. The lowest BCUT2D eigenvalue weighted by Gasteiger charge is -2.32. The van der Waals surface area contributed by atoms with Crippen LogP contribution in [0.2, 0.25) is 0 Å². The van der Waals surface area contributed by atoms with Crippen molar-refractivity contribution >= 4 is 23.7 Å². The number of thioether (sulfide) groups is 1. The van der Waals surface area contributed by atoms with E-state index in [1.807, 2.05) is 51.7 Å². The Morgan fingerprint density at radius 3 is 2.50 bits per heavy atom. The predicted molar refractivity (Wildman–Crippen MR) is 108 cm³/mol. The molecule has 3 amide bonds. The first-order valence-electron chi connectivity index (χ1n) is 9.31. The molecule has 0 bridgehead atoms. The Labute approximate surface area is 161 Å². The zero-order chi connectivity index (χ0) is 19.4. The van der Waals surface area contributed by atoms with Gasteiger partial charge in [0.2, 0.25) is 5.91 Å². The van der Waals surface area contributed by atoms with Crippen LogP contribution in [-0.2, 0) is 4.79 Å². The first kappa shape index (κ1) is 20.6. The van der Waals surface area contributed by atoms with E-state index in [1.165, 1.54) is 11.1 Å². The number of aryl methyl sites for hydroxylation is 1. The highest BCUT2D eigenvalue weighted by molar-refractivity contribution is 8.01. The minimum absolute atomic E-state index is 0.0147. The zero-order valence-electron chi connectivity index (χ0n) is 16.7. The summed E-state index contributed by atoms with van der Waals surface area (Å²) in [4.78, 5) is 28.9. The molecule has 0 radical (unpaired) electrons. The molecule has 2 atom stereocenters. The van der Waals surface area contributed by atoms with Crippen LogP contribution in [0.1, 0.15) is 51.1 Å². The number of nitrogens with zero attached hydrogens (tertiary/aromatic N) is 2. The van der Waals surface area contributed by atoms with E-state index in [9.17, 15) is 9.59 Å². The third kappa shape index (κ3) is 4.72. The maximum Gasteiger partial charge on any atom is 0.317 e. The van der Waals surface area contributed by atoms with Crippen LogP contribution in [0, 0.1) is 6.92 Å². The molecule has 6 heteroatoms. The van der Waals surface area contributed by atoms with Gasteiger partial charge in [0.05, 0.1) is 5.25 Å². The fraction of sp³-hybridized carbons (Fsp3) is 0.600. The molecule has 1 heterocycles. The smallest absolute Gasteiger partial charge is 0.317 e. The Morgan fingerprint density at radius 1 is 1.27 bits per heavy atom. The van der Waals surface area contributed by atoms with E-state index < -0.39 is 0 Å². The first-order valence-corrected chi connectivity index (χ1v) is 10.2. The Hall–Kier alpha value is -1.69. The summed E-state index contributed by atoms with van der Waals surface area (Å²) in [6.07, 6.45) is 0. The minimum Gasteiger partial charge on any atom is -0.336 e. The fourth-order valence-electron chi connectivity index (χ4n) is 3.15. The summed E-state index contributed by atoms with van der Waals surface area (Å²) in [5.41, 5.74) is 2.37. The lowest BCUT2D eigenvalue weighted by molar-refractivity contribution is -0.130. The van der Waals surface area contributed by atoms with Gasteiger partial charge in [0.15, 0.2) is 0 Å². The molecular formula is C20H31N3O2S. The van der Waals surface area contributed by atoms with Gasteiger partial charge in [-0.3, -0.25) is 4.79 Å². The van der Waals surface area contributed by atoms with E-state index in [1.54, 1.807) is 16.7 Å². The van der Waals surface area contributed by atoms with Crippen molar-refractivity contribution in [3.05, 3.63) is 35.4 Å². The van der Waals surface area contributed by atoms with Crippen LogP contribution in [0.5, 0.6) is 0 Å². The second-order valence-electron chi connectivity index (χ2n) is 7.41. The highest BCUT2D eigenvalue weighted by atomic mass is 32.2. The maximum atomic E-state index is 12.7. The van der Waals surface area contributed by atoms with Gasteiger partial charge < -0.3 is 15.1 Å². The molecule has 0 aromatic heterocycles. The van der Waals surface area contributed by atoms with Crippen molar-refractivity contribution in [2.45, 2.75) is 64.2 Å². The highest BCUT2D eigenvalue weighted by Gasteiger charge is 2.39. The highest BCUT2D eigenvalue weighted by Crippen LogP contribution is 2.43. The molecule has 1 aliphatic rings. The standard InChI is InChI=1S/C20H31N3O2S/c1-13(2)21-20(25)22(14(3)4)11-12-23-18(24)16(6)26-19(23)17-10-8-7-9-15(17)5/h7-10,13-14,16,19H,11-12H2,1-6H3,(H,21,25)/t16-,19-/m0/s1. The quantitative estimate of drug-likeness (QED) is 0.821. The molecular weight excluding hydrogens is 346 g/mol. The largest absolute Gasteiger partial charge is 0.336 e. The van der Waals surface area contributed by atoms with Crippen molar-refractivity contribution in [2.24, 2.45) is 0 Å². The van der Waals surface area contributed by atoms with Crippen LogP contribution in [0.3, 0.4) is 0 Å². The van der Waals surface area contributed by atoms with Crippen molar-refractivity contribution in [2.75, 3.05) is 13.1 Å². The number of carbonyl (C=O) groups is 2. The fourth-order valence-corrected chi connectivity index (χ4v) is 4.55. The maximum absolute atomic E-state index is 12.7. The summed E-state index contributed by atoms with van der Waals surface area (Å²) in [7, 11) is 0. The van der Waals surface area contributed by atoms with Gasteiger partial charge in [0.25, 0.3) is 0 Å². The summed E-state index contributed by atoms with van der Waals surface area (Å²) in [5, 5.41) is 2.91. The average molecular weight is 378 g/mol. The van der Waals surface area contributed by atoms with Gasteiger partial charge in [-0.1, -0.05) is 24.3 Å². The van der Waals surface area contributed by atoms with Crippen molar-refractivity contribution in [3.8, 4) is 0 Å². The van der Waals surface area contributed by atoms with E-state index >= 15 is 0 Å². The van der Waals surface area contributed by atoms with Crippen LogP contribution in [-0.4, -0.2) is 52.2 Å². The van der Waals surface area contributed by atoms with E-state index in [-0.39, 0.29) is 34.6 Å². The summed E-state index contributed by atoms with van der Waals surface area (Å²) in [6, 6.07) is 8.31. The third-order valence-corrected chi connectivity index (χ3v) is 5.96. The predicted octanol–water partition coefficient (Wildman–Crippen LogP) is 3.79. The third-order valence-electron chi connectivity index (χ3n) is 4.58. The van der Waals surface area contributed by atoms with Crippen LogP contribution in [0.15, 0.2) is 24.3 Å². The van der Waals surface area contributed by atoms with E-state index in [0.29, 0.717) is 13.1 Å². The van der Waals surface area contributed by atoms with Crippen molar-refractivity contribution in [3.63, 3.8) is 0 Å². The molecule has 1 fully saturated rings. The number of urea groups is 1. The van der Waals surface area contributed by atoms with Crippen LogP contribution < -0.4 is 5.32 Å². The Balaban J connectivity index is 2.15. The summed E-state index contributed by atoms with van der Waals surface area (Å²) in [5.74, 6) is 0.149. The molecule has 1 aromatic rings. The monoisotopic (exact) mass is 377 g/mol. The number of rotatable bonds is 6. The molecule has 0 aliphatic carbocycles. The molecule has 5 nitrogen and oxygen atoms in total. The molecule has 2 rings (SSSR count). The SMILES string of the molecule is Cc1ccccc1[C@@H]1S[C@@H](C)C(=O)N1CCN(C(=O)NC(C)C)C(C)C. The van der Waals surface area contributed by atoms with Crippen molar-refractivity contribution in [1.29, 1.82) is 0 Å². The van der Waals surface area contributed by atoms with E-state index in [2.05, 4.69) is 24.4 Å². The zero-order valence-corrected chi connectivity index (χ0v) is 17.5. The molecule has 1 N–H and O–H groups in total. The van der Waals surface area contributed by atoms with Crippen LogP contribution in [0.4, 0.5) is 4.79 Å². The summed E-state index contributed by atoms with van der Waals surface area (Å²) >= 11 is 1.69. The molecule has 26 heavy (non-hydrogen) atoms. The number of hydrogen-bond acceptors (Lipinski definition) is 3. The Morgan fingerprint density at radius 2 is 1.92 bits per heavy atom. The lowest BCUT2D eigenvalue weighted by atomic mass is 10.1. The Bertz CT molecular complexity index is 648. The summed E-state index contributed by atoms with van der Waals surface area (Å²) < 4.78 is 0. The Kier molecular flexibility index (Phi) is 6.98. The molecule has 1 aromatic carbocycles. The molecule has 1 aliphatic heterocycles. The van der Waals surface area contributed by atoms with Gasteiger partial charge in [0, 0.05) is 25.2 Å². The second-order valence-corrected chi connectivity index (χ2v) is 8.84.